The van der Waals surface area contributed by atoms with Crippen LogP contribution in [0.2, 0.25) is 0 Å². The van der Waals surface area contributed by atoms with Crippen LogP contribution in [0.3, 0.4) is 0 Å². The van der Waals surface area contributed by atoms with Gasteiger partial charge in [0, 0.05) is 16.5 Å². The first-order chi connectivity index (χ1) is 13.1. The van der Waals surface area contributed by atoms with Crippen molar-refractivity contribution >= 4 is 29.2 Å². The Morgan fingerprint density at radius 2 is 1.86 bits per heavy atom. The van der Waals surface area contributed by atoms with Gasteiger partial charge in [-0.05, 0) is 55.6 Å². The molecule has 1 aromatic heterocycles. The van der Waals surface area contributed by atoms with Gasteiger partial charge in [-0.3, -0.25) is 4.79 Å². The van der Waals surface area contributed by atoms with Crippen LogP contribution in [-0.2, 0) is 6.54 Å². The fourth-order valence-electron chi connectivity index (χ4n) is 4.01. The molecular weight excluding hydrogens is 384 g/mol. The Balaban J connectivity index is 0.00000225. The molecule has 0 radical (unpaired) electrons. The number of carbonyl (C=O) groups is 1. The van der Waals surface area contributed by atoms with Gasteiger partial charge in [-0.25, -0.2) is 8.78 Å². The van der Waals surface area contributed by atoms with Crippen LogP contribution in [0.4, 0.5) is 8.78 Å². The number of nitrogens with zero attached hydrogens (tertiary/aromatic N) is 1. The topological polar surface area (TPSA) is 60.1 Å². The highest BCUT2D eigenvalue weighted by Crippen LogP contribution is 2.33. The van der Waals surface area contributed by atoms with Crippen LogP contribution in [0.25, 0.3) is 10.9 Å². The summed E-state index contributed by atoms with van der Waals surface area (Å²) in [5.41, 5.74) is 8.06. The Morgan fingerprint density at radius 3 is 2.57 bits per heavy atom. The molecule has 7 heteroatoms. The normalized spacial score (nSPS) is 14.8. The van der Waals surface area contributed by atoms with Crippen molar-refractivity contribution in [1.29, 1.82) is 0 Å². The number of nitrogens with two attached hydrogens (primary N) is 1. The summed E-state index contributed by atoms with van der Waals surface area (Å²) in [6, 6.07) is 11.8. The number of rotatable bonds is 4. The quantitative estimate of drug-likeness (QED) is 0.690. The summed E-state index contributed by atoms with van der Waals surface area (Å²) < 4.78 is 29.5. The highest BCUT2D eigenvalue weighted by Gasteiger charge is 2.22. The maximum absolute atomic E-state index is 14.2. The summed E-state index contributed by atoms with van der Waals surface area (Å²) >= 11 is 0. The van der Waals surface area contributed by atoms with Crippen LogP contribution in [0, 0.1) is 11.6 Å². The molecule has 1 aliphatic heterocycles. The van der Waals surface area contributed by atoms with E-state index in [4.69, 9.17) is 5.73 Å². The van der Waals surface area contributed by atoms with Crippen molar-refractivity contribution in [1.82, 2.24) is 9.88 Å². The molecule has 2 heterocycles. The maximum Gasteiger partial charge on any atom is 0.265 e. The third-order valence-corrected chi connectivity index (χ3v) is 5.37. The van der Waals surface area contributed by atoms with Gasteiger partial charge in [-0.15, -0.1) is 12.4 Å². The number of carbonyl (C=O) groups excluding carboxylic acids is 1. The molecule has 3 aromatic rings. The van der Waals surface area contributed by atoms with Crippen molar-refractivity contribution in [2.45, 2.75) is 25.3 Å². The van der Waals surface area contributed by atoms with E-state index >= 15 is 0 Å². The van der Waals surface area contributed by atoms with Gasteiger partial charge in [0.1, 0.15) is 5.69 Å². The fraction of sp³-hybridized carbons (Fsp3) is 0.286. The van der Waals surface area contributed by atoms with Gasteiger partial charge >= 0.3 is 0 Å². The lowest BCUT2D eigenvalue weighted by Gasteiger charge is -2.23. The molecule has 1 amide bonds. The predicted molar refractivity (Wildman–Crippen MR) is 108 cm³/mol. The highest BCUT2D eigenvalue weighted by molar-refractivity contribution is 5.99. The average Bonchev–Trinajstić information content (AvgIpc) is 3.05. The third-order valence-electron chi connectivity index (χ3n) is 5.37. The van der Waals surface area contributed by atoms with Crippen LogP contribution in [0.5, 0.6) is 0 Å². The summed E-state index contributed by atoms with van der Waals surface area (Å²) in [4.78, 5) is 12.0. The van der Waals surface area contributed by atoms with E-state index in [0.717, 1.165) is 42.9 Å². The molecule has 0 spiro atoms. The molecule has 148 valence electrons. The number of halogens is 3. The molecule has 28 heavy (non-hydrogen) atoms. The van der Waals surface area contributed by atoms with Crippen LogP contribution in [-0.4, -0.2) is 23.6 Å². The number of primary amides is 1. The summed E-state index contributed by atoms with van der Waals surface area (Å²) in [6.45, 7) is 1.96. The van der Waals surface area contributed by atoms with E-state index in [1.165, 1.54) is 17.7 Å². The van der Waals surface area contributed by atoms with Crippen molar-refractivity contribution in [3.8, 4) is 0 Å². The lowest BCUT2D eigenvalue weighted by atomic mass is 9.88. The van der Waals surface area contributed by atoms with Crippen molar-refractivity contribution in [3.63, 3.8) is 0 Å². The van der Waals surface area contributed by atoms with Crippen molar-refractivity contribution < 1.29 is 13.6 Å². The van der Waals surface area contributed by atoms with Crippen LogP contribution < -0.4 is 11.1 Å². The Bertz CT molecular complexity index is 1010. The number of amides is 1. The van der Waals surface area contributed by atoms with Crippen molar-refractivity contribution in [2.75, 3.05) is 13.1 Å². The molecule has 4 nitrogen and oxygen atoms in total. The molecule has 0 atom stereocenters. The molecule has 3 N–H and O–H groups in total. The largest absolute Gasteiger partial charge is 0.364 e. The zero-order valence-corrected chi connectivity index (χ0v) is 16.1. The van der Waals surface area contributed by atoms with Crippen LogP contribution in [0.15, 0.2) is 42.5 Å². The second kappa shape index (κ2) is 8.29. The first kappa shape index (κ1) is 20.3. The second-order valence-electron chi connectivity index (χ2n) is 7.00. The first-order valence-corrected chi connectivity index (χ1v) is 9.12. The van der Waals surface area contributed by atoms with Gasteiger partial charge in [-0.1, -0.05) is 24.3 Å². The molecule has 0 unspecified atom stereocenters. The zero-order chi connectivity index (χ0) is 19.0. The average molecular weight is 406 g/mol. The summed E-state index contributed by atoms with van der Waals surface area (Å²) in [5.74, 6) is -1.99. The minimum atomic E-state index is -0.903. The van der Waals surface area contributed by atoms with Gasteiger partial charge in [0.2, 0.25) is 0 Å². The summed E-state index contributed by atoms with van der Waals surface area (Å²) in [7, 11) is 0. The lowest BCUT2D eigenvalue weighted by Crippen LogP contribution is -2.26. The van der Waals surface area contributed by atoms with Crippen LogP contribution in [0.1, 0.15) is 40.4 Å². The minimum Gasteiger partial charge on any atom is -0.364 e. The molecule has 0 bridgehead atoms. The predicted octanol–water partition coefficient (Wildman–Crippen LogP) is 3.96. The maximum atomic E-state index is 14.2. The van der Waals surface area contributed by atoms with E-state index in [1.807, 2.05) is 12.1 Å². The van der Waals surface area contributed by atoms with E-state index in [2.05, 4.69) is 11.4 Å². The number of aromatic nitrogens is 1. The van der Waals surface area contributed by atoms with Gasteiger partial charge in [-0.2, -0.15) is 0 Å². The zero-order valence-electron chi connectivity index (χ0n) is 15.3. The third kappa shape index (κ3) is 3.62. The standard InChI is InChI=1S/C21H21F2N3O.ClH/c22-17-5-1-3-14(20(17)23)12-26-18-6-2-4-15(13-7-9-25-10-8-13)16(18)11-19(26)21(24)27;/h1-6,11,13,25H,7-10,12H2,(H2,24,27);1H. The number of nitrogens with one attached hydrogen (secondary N) is 1. The SMILES string of the molecule is Cl.NC(=O)c1cc2c(C3CCNCC3)cccc2n1Cc1cccc(F)c1F. The molecule has 1 aliphatic rings. The molecule has 1 saturated heterocycles. The number of hydrogen-bond acceptors (Lipinski definition) is 2. The minimum absolute atomic E-state index is 0. The summed E-state index contributed by atoms with van der Waals surface area (Å²) in [5, 5.41) is 4.31. The lowest BCUT2D eigenvalue weighted by molar-refractivity contribution is 0.0992. The highest BCUT2D eigenvalue weighted by atomic mass is 35.5. The molecule has 4 rings (SSSR count). The smallest absolute Gasteiger partial charge is 0.265 e. The first-order valence-electron chi connectivity index (χ1n) is 9.12. The summed E-state index contributed by atoms with van der Waals surface area (Å²) in [6.07, 6.45) is 2.05. The Labute approximate surface area is 168 Å². The molecular formula is C21H22ClF2N3O. The van der Waals surface area contributed by atoms with E-state index in [0.29, 0.717) is 11.6 Å². The Kier molecular flexibility index (Phi) is 6.01. The number of hydrogen-bond donors (Lipinski definition) is 2. The number of benzene rings is 2. The Hall–Kier alpha value is -2.44. The van der Waals surface area contributed by atoms with Gasteiger partial charge in [0.05, 0.1) is 6.54 Å². The van der Waals surface area contributed by atoms with Crippen molar-refractivity contribution in [2.24, 2.45) is 5.73 Å². The molecule has 0 saturated carbocycles. The molecule has 1 fully saturated rings. The second-order valence-corrected chi connectivity index (χ2v) is 7.00. The van der Waals surface area contributed by atoms with Crippen molar-refractivity contribution in [3.05, 3.63) is 70.9 Å². The number of piperidine rings is 1. The number of fused-ring (bicyclic) bond motifs is 1. The fourth-order valence-corrected chi connectivity index (χ4v) is 4.01. The molecule has 2 aromatic carbocycles. The monoisotopic (exact) mass is 405 g/mol. The van der Waals surface area contributed by atoms with Crippen LogP contribution >= 0.6 is 12.4 Å². The van der Waals surface area contributed by atoms with E-state index in [-0.39, 0.29) is 24.5 Å². The van der Waals surface area contributed by atoms with Gasteiger partial charge < -0.3 is 15.6 Å². The molecule has 0 aliphatic carbocycles. The van der Waals surface area contributed by atoms with E-state index < -0.39 is 17.5 Å². The Morgan fingerprint density at radius 1 is 1.14 bits per heavy atom. The van der Waals surface area contributed by atoms with Gasteiger partial charge in [0.25, 0.3) is 5.91 Å². The van der Waals surface area contributed by atoms with E-state index in [9.17, 15) is 13.6 Å². The van der Waals surface area contributed by atoms with Gasteiger partial charge in [0.15, 0.2) is 11.6 Å². The van der Waals surface area contributed by atoms with E-state index in [1.54, 1.807) is 10.6 Å².